The molecular formula is C25H31N7O4S. The first-order valence-corrected chi connectivity index (χ1v) is 12.9. The third kappa shape index (κ3) is 5.92. The second-order valence-electron chi connectivity index (χ2n) is 8.95. The molecule has 0 radical (unpaired) electrons. The Kier molecular flexibility index (Phi) is 7.21. The van der Waals surface area contributed by atoms with Crippen LogP contribution in [-0.4, -0.2) is 39.1 Å². The zero-order chi connectivity index (χ0) is 26.7. The van der Waals surface area contributed by atoms with Crippen LogP contribution in [0.1, 0.15) is 38.2 Å². The van der Waals surface area contributed by atoms with Crippen molar-refractivity contribution in [2.75, 3.05) is 5.73 Å². The van der Waals surface area contributed by atoms with E-state index in [0.29, 0.717) is 17.4 Å². The second-order valence-corrected chi connectivity index (χ2v) is 10.5. The first-order chi connectivity index (χ1) is 17.5. The molecule has 37 heavy (non-hydrogen) atoms. The SMILES string of the molecule is Cc1ccc(Oc2nc(-c3cnn(CC(C)C)c3)ccc2C(=O)NS(=O)(=O)c2nccnc2N)c(C)c1.[HH].[HH]. The van der Waals surface area contributed by atoms with Crippen molar-refractivity contribution in [1.29, 1.82) is 0 Å². The summed E-state index contributed by atoms with van der Waals surface area (Å²) in [5, 5.41) is 3.82. The number of pyridine rings is 1. The summed E-state index contributed by atoms with van der Waals surface area (Å²) in [5.41, 5.74) is 8.64. The minimum absolute atomic E-state index is 0. The Labute approximate surface area is 217 Å². The van der Waals surface area contributed by atoms with E-state index in [2.05, 4.69) is 33.9 Å². The Morgan fingerprint density at radius 2 is 1.92 bits per heavy atom. The topological polar surface area (TPSA) is 155 Å². The average molecular weight is 526 g/mol. The van der Waals surface area contributed by atoms with Crippen molar-refractivity contribution in [2.45, 2.75) is 39.3 Å². The summed E-state index contributed by atoms with van der Waals surface area (Å²) in [6.45, 7) is 8.72. The molecule has 0 unspecified atom stereocenters. The van der Waals surface area contributed by atoms with Crippen LogP contribution in [0.3, 0.4) is 0 Å². The van der Waals surface area contributed by atoms with Gasteiger partial charge in [-0.2, -0.15) is 13.5 Å². The number of aromatic nitrogens is 5. The number of sulfonamides is 1. The molecule has 0 aliphatic heterocycles. The number of nitrogens with two attached hydrogens (primary N) is 1. The molecule has 12 heteroatoms. The van der Waals surface area contributed by atoms with Crippen LogP contribution in [0, 0.1) is 19.8 Å². The number of carbonyl (C=O) groups is 1. The van der Waals surface area contributed by atoms with Gasteiger partial charge in [0.15, 0.2) is 5.82 Å². The van der Waals surface area contributed by atoms with Crippen molar-refractivity contribution in [3.63, 3.8) is 0 Å². The number of anilines is 1. The highest BCUT2D eigenvalue weighted by atomic mass is 32.2. The number of nitrogens with zero attached hydrogens (tertiary/aromatic N) is 5. The van der Waals surface area contributed by atoms with Crippen molar-refractivity contribution >= 4 is 21.7 Å². The Bertz CT molecular complexity index is 1580. The maximum Gasteiger partial charge on any atom is 0.285 e. The molecule has 0 aliphatic rings. The molecule has 0 aliphatic carbocycles. The lowest BCUT2D eigenvalue weighted by Gasteiger charge is -2.14. The number of carbonyl (C=O) groups excluding carboxylic acids is 1. The van der Waals surface area contributed by atoms with E-state index in [1.54, 1.807) is 18.3 Å². The summed E-state index contributed by atoms with van der Waals surface area (Å²) >= 11 is 0. The van der Waals surface area contributed by atoms with Crippen LogP contribution in [0.4, 0.5) is 5.82 Å². The normalized spacial score (nSPS) is 11.5. The lowest BCUT2D eigenvalue weighted by atomic mass is 10.1. The molecule has 0 fully saturated rings. The first kappa shape index (κ1) is 25.8. The lowest BCUT2D eigenvalue weighted by molar-refractivity contribution is 0.0978. The van der Waals surface area contributed by atoms with Gasteiger partial charge in [-0.1, -0.05) is 31.5 Å². The maximum absolute atomic E-state index is 13.2. The van der Waals surface area contributed by atoms with Gasteiger partial charge < -0.3 is 10.5 Å². The van der Waals surface area contributed by atoms with Gasteiger partial charge in [0.05, 0.1) is 11.9 Å². The van der Waals surface area contributed by atoms with Gasteiger partial charge in [-0.3, -0.25) is 9.48 Å². The smallest absolute Gasteiger partial charge is 0.285 e. The van der Waals surface area contributed by atoms with Gasteiger partial charge >= 0.3 is 0 Å². The van der Waals surface area contributed by atoms with Gasteiger partial charge in [-0.15, -0.1) is 0 Å². The van der Waals surface area contributed by atoms with Crippen molar-refractivity contribution in [3.05, 3.63) is 71.8 Å². The van der Waals surface area contributed by atoms with E-state index >= 15 is 0 Å². The van der Waals surface area contributed by atoms with Crippen molar-refractivity contribution in [1.82, 2.24) is 29.5 Å². The minimum atomic E-state index is -4.41. The fraction of sp³-hybridized carbons (Fsp3) is 0.240. The highest BCUT2D eigenvalue weighted by molar-refractivity contribution is 7.90. The van der Waals surface area contributed by atoms with Gasteiger partial charge in [0.1, 0.15) is 11.3 Å². The molecule has 3 aromatic heterocycles. The largest absolute Gasteiger partial charge is 0.438 e. The van der Waals surface area contributed by atoms with Crippen LogP contribution in [0.15, 0.2) is 60.1 Å². The monoisotopic (exact) mass is 525 g/mol. The van der Waals surface area contributed by atoms with E-state index in [1.807, 2.05) is 41.6 Å². The van der Waals surface area contributed by atoms with Crippen LogP contribution in [0.2, 0.25) is 0 Å². The third-order valence-electron chi connectivity index (χ3n) is 5.30. The number of nitrogens with one attached hydrogen (secondary N) is 1. The van der Waals surface area contributed by atoms with Crippen LogP contribution in [-0.2, 0) is 16.6 Å². The lowest BCUT2D eigenvalue weighted by Crippen LogP contribution is -2.32. The van der Waals surface area contributed by atoms with Crippen molar-refractivity contribution < 1.29 is 20.8 Å². The van der Waals surface area contributed by atoms with E-state index in [1.165, 1.54) is 18.5 Å². The minimum Gasteiger partial charge on any atom is -0.438 e. The molecule has 0 saturated heterocycles. The van der Waals surface area contributed by atoms with Gasteiger partial charge in [0, 0.05) is 33.6 Å². The van der Waals surface area contributed by atoms with E-state index < -0.39 is 21.0 Å². The summed E-state index contributed by atoms with van der Waals surface area (Å²) < 4.78 is 35.4. The number of rotatable bonds is 8. The molecule has 1 amide bonds. The Hall–Kier alpha value is -4.32. The molecule has 3 heterocycles. The molecule has 11 nitrogen and oxygen atoms in total. The fourth-order valence-electron chi connectivity index (χ4n) is 3.61. The van der Waals surface area contributed by atoms with Crippen LogP contribution < -0.4 is 15.2 Å². The van der Waals surface area contributed by atoms with Gasteiger partial charge in [-0.05, 0) is 43.5 Å². The molecule has 0 spiro atoms. The quantitative estimate of drug-likeness (QED) is 0.347. The number of nitrogen functional groups attached to an aromatic ring is 1. The molecule has 196 valence electrons. The van der Waals surface area contributed by atoms with Crippen LogP contribution in [0.25, 0.3) is 11.3 Å². The summed E-state index contributed by atoms with van der Waals surface area (Å²) in [7, 11) is -4.41. The van der Waals surface area contributed by atoms with E-state index in [4.69, 9.17) is 10.5 Å². The number of benzene rings is 1. The number of hydrogen-bond acceptors (Lipinski definition) is 9. The van der Waals surface area contributed by atoms with Gasteiger partial charge in [0.25, 0.3) is 15.9 Å². The molecule has 0 atom stereocenters. The zero-order valence-electron chi connectivity index (χ0n) is 20.8. The van der Waals surface area contributed by atoms with Crippen LogP contribution in [0.5, 0.6) is 11.6 Å². The van der Waals surface area contributed by atoms with Crippen molar-refractivity contribution in [2.24, 2.45) is 5.92 Å². The summed E-state index contributed by atoms with van der Waals surface area (Å²) in [4.78, 5) is 25.2. The van der Waals surface area contributed by atoms with Crippen LogP contribution >= 0.6 is 0 Å². The van der Waals surface area contributed by atoms with Crippen molar-refractivity contribution in [3.8, 4) is 22.9 Å². The predicted octanol–water partition coefficient (Wildman–Crippen LogP) is 3.99. The molecule has 3 N–H and O–H groups in total. The Morgan fingerprint density at radius 3 is 2.62 bits per heavy atom. The molecular weight excluding hydrogens is 494 g/mol. The Morgan fingerprint density at radius 1 is 1.16 bits per heavy atom. The molecule has 4 rings (SSSR count). The maximum atomic E-state index is 13.2. The average Bonchev–Trinajstić information content (AvgIpc) is 3.28. The molecule has 1 aromatic carbocycles. The highest BCUT2D eigenvalue weighted by Gasteiger charge is 2.26. The third-order valence-corrected chi connectivity index (χ3v) is 6.57. The number of aryl methyl sites for hydroxylation is 2. The molecule has 4 aromatic rings. The van der Waals surface area contributed by atoms with Gasteiger partial charge in [0.2, 0.25) is 10.9 Å². The molecule has 0 bridgehead atoms. The Balaban J connectivity index is 0.00000267. The highest BCUT2D eigenvalue weighted by Crippen LogP contribution is 2.30. The van der Waals surface area contributed by atoms with E-state index in [9.17, 15) is 13.2 Å². The standard InChI is InChI=1S/C25H27N7O4S.2H2/c1-15(2)13-32-14-18(12-29-32)20-7-6-19(24(30-20)36-21-8-5-16(3)11-17(21)4)23(33)31-37(34,35)25-22(26)27-9-10-28-25;;/h5-12,14-15H,13H2,1-4H3,(H2,26,27)(H,31,33);2*1H. The predicted molar refractivity (Wildman–Crippen MR) is 142 cm³/mol. The van der Waals surface area contributed by atoms with E-state index in [-0.39, 0.29) is 20.1 Å². The number of ether oxygens (including phenoxy) is 1. The fourth-order valence-corrected chi connectivity index (χ4v) is 4.59. The summed E-state index contributed by atoms with van der Waals surface area (Å²) in [6, 6.07) is 8.60. The molecule has 0 saturated carbocycles. The first-order valence-electron chi connectivity index (χ1n) is 11.5. The van der Waals surface area contributed by atoms with E-state index in [0.717, 1.165) is 23.2 Å². The number of hydrogen-bond donors (Lipinski definition) is 2. The summed E-state index contributed by atoms with van der Waals surface area (Å²) in [6.07, 6.45) is 5.94. The summed E-state index contributed by atoms with van der Waals surface area (Å²) in [5.74, 6) is -0.483. The van der Waals surface area contributed by atoms with Gasteiger partial charge in [-0.25, -0.2) is 19.7 Å². The zero-order valence-corrected chi connectivity index (χ0v) is 21.7. The number of amides is 1. The second kappa shape index (κ2) is 10.3.